The Morgan fingerprint density at radius 3 is 2.59 bits per heavy atom. The van der Waals surface area contributed by atoms with Gasteiger partial charge < -0.3 is 5.32 Å². The van der Waals surface area contributed by atoms with Crippen LogP contribution in [0.1, 0.15) is 72.1 Å². The van der Waals surface area contributed by atoms with Crippen LogP contribution >= 0.6 is 0 Å². The summed E-state index contributed by atoms with van der Waals surface area (Å²) < 4.78 is 0. The van der Waals surface area contributed by atoms with Gasteiger partial charge in [0, 0.05) is 5.54 Å². The molecule has 4 unspecified atom stereocenters. The maximum atomic E-state index is 3.95. The van der Waals surface area contributed by atoms with Gasteiger partial charge in [-0.2, -0.15) is 0 Å². The molecule has 1 aliphatic carbocycles. The zero-order chi connectivity index (χ0) is 12.3. The molecule has 1 N–H and O–H groups in total. The number of hydrogen-bond donors (Lipinski definition) is 1. The third kappa shape index (κ3) is 2.86. The van der Waals surface area contributed by atoms with Crippen molar-refractivity contribution < 1.29 is 0 Å². The van der Waals surface area contributed by atoms with Crippen molar-refractivity contribution in [3.8, 4) is 0 Å². The highest BCUT2D eigenvalue weighted by molar-refractivity contribution is 4.97. The Balaban J connectivity index is 2.05. The summed E-state index contributed by atoms with van der Waals surface area (Å²) in [5.41, 5.74) is 0.491. The average molecular weight is 237 g/mol. The molecule has 1 aliphatic heterocycles. The molecule has 0 aromatic rings. The lowest BCUT2D eigenvalue weighted by Gasteiger charge is -2.45. The minimum atomic E-state index is 0.491. The molecule has 17 heavy (non-hydrogen) atoms. The molecule has 0 aromatic heterocycles. The highest BCUT2D eigenvalue weighted by Gasteiger charge is 2.40. The van der Waals surface area contributed by atoms with E-state index in [4.69, 9.17) is 0 Å². The summed E-state index contributed by atoms with van der Waals surface area (Å²) in [6.07, 6.45) is 11.4. The molecule has 2 fully saturated rings. The van der Waals surface area contributed by atoms with E-state index in [-0.39, 0.29) is 0 Å². The first-order valence-corrected chi connectivity index (χ1v) is 7.93. The standard InChI is InChI=1S/C16H31N/c1-4-16(10-6-5-7-11-17-16)15-9-8-13(2)14(3)12-15/h13-15,17H,4-12H2,1-3H3. The van der Waals surface area contributed by atoms with E-state index in [0.29, 0.717) is 5.54 Å². The lowest BCUT2D eigenvalue weighted by molar-refractivity contribution is 0.0984. The van der Waals surface area contributed by atoms with E-state index in [1.165, 1.54) is 57.9 Å². The maximum absolute atomic E-state index is 3.95. The molecule has 1 heteroatoms. The van der Waals surface area contributed by atoms with Gasteiger partial charge in [-0.05, 0) is 56.4 Å². The highest BCUT2D eigenvalue weighted by Crippen LogP contribution is 2.42. The summed E-state index contributed by atoms with van der Waals surface area (Å²) in [6, 6.07) is 0. The van der Waals surface area contributed by atoms with Gasteiger partial charge in [0.15, 0.2) is 0 Å². The van der Waals surface area contributed by atoms with Crippen LogP contribution in [0.2, 0.25) is 0 Å². The predicted molar refractivity (Wildman–Crippen MR) is 75.2 cm³/mol. The van der Waals surface area contributed by atoms with Gasteiger partial charge in [0.25, 0.3) is 0 Å². The van der Waals surface area contributed by atoms with Crippen molar-refractivity contribution in [2.24, 2.45) is 17.8 Å². The molecule has 100 valence electrons. The molecule has 2 rings (SSSR count). The summed E-state index contributed by atoms with van der Waals surface area (Å²) in [5, 5.41) is 3.95. The second-order valence-corrected chi connectivity index (χ2v) is 6.71. The highest BCUT2D eigenvalue weighted by atomic mass is 15.0. The summed E-state index contributed by atoms with van der Waals surface area (Å²) in [4.78, 5) is 0. The van der Waals surface area contributed by atoms with Gasteiger partial charge >= 0.3 is 0 Å². The number of nitrogens with one attached hydrogen (secondary N) is 1. The molecule has 4 atom stereocenters. The van der Waals surface area contributed by atoms with Crippen LogP contribution in [0.25, 0.3) is 0 Å². The van der Waals surface area contributed by atoms with Crippen molar-refractivity contribution in [2.75, 3.05) is 6.54 Å². The molecule has 1 nitrogen and oxygen atoms in total. The number of hydrogen-bond acceptors (Lipinski definition) is 1. The molecular weight excluding hydrogens is 206 g/mol. The first-order chi connectivity index (χ1) is 8.18. The fraction of sp³-hybridized carbons (Fsp3) is 1.00. The molecule has 0 radical (unpaired) electrons. The fourth-order valence-corrected chi connectivity index (χ4v) is 4.16. The molecule has 1 saturated carbocycles. The van der Waals surface area contributed by atoms with Crippen molar-refractivity contribution in [2.45, 2.75) is 77.7 Å². The van der Waals surface area contributed by atoms with E-state index in [0.717, 1.165) is 17.8 Å². The smallest absolute Gasteiger partial charge is 0.0207 e. The van der Waals surface area contributed by atoms with E-state index >= 15 is 0 Å². The monoisotopic (exact) mass is 237 g/mol. The van der Waals surface area contributed by atoms with E-state index < -0.39 is 0 Å². The second-order valence-electron chi connectivity index (χ2n) is 6.71. The fourth-order valence-electron chi connectivity index (χ4n) is 4.16. The van der Waals surface area contributed by atoms with Crippen molar-refractivity contribution in [1.29, 1.82) is 0 Å². The van der Waals surface area contributed by atoms with Crippen molar-refractivity contribution >= 4 is 0 Å². The van der Waals surface area contributed by atoms with Gasteiger partial charge in [0.1, 0.15) is 0 Å². The molecule has 2 aliphatic rings. The summed E-state index contributed by atoms with van der Waals surface area (Å²) in [7, 11) is 0. The van der Waals surface area contributed by atoms with Crippen LogP contribution < -0.4 is 5.32 Å². The van der Waals surface area contributed by atoms with Crippen LogP contribution in [-0.4, -0.2) is 12.1 Å². The Hall–Kier alpha value is -0.0400. The molecule has 1 heterocycles. The molecule has 0 amide bonds. The third-order valence-corrected chi connectivity index (χ3v) is 5.79. The van der Waals surface area contributed by atoms with Crippen molar-refractivity contribution in [3.63, 3.8) is 0 Å². The van der Waals surface area contributed by atoms with E-state index in [1.54, 1.807) is 0 Å². The van der Waals surface area contributed by atoms with Gasteiger partial charge in [0.2, 0.25) is 0 Å². The van der Waals surface area contributed by atoms with Gasteiger partial charge in [-0.15, -0.1) is 0 Å². The van der Waals surface area contributed by atoms with Gasteiger partial charge in [-0.1, -0.05) is 40.0 Å². The van der Waals surface area contributed by atoms with E-state index in [2.05, 4.69) is 26.1 Å². The first kappa shape index (κ1) is 13.4. The average Bonchev–Trinajstić information content (AvgIpc) is 2.59. The van der Waals surface area contributed by atoms with Crippen LogP contribution in [0.15, 0.2) is 0 Å². The Morgan fingerprint density at radius 2 is 1.88 bits per heavy atom. The Kier molecular flexibility index (Phi) is 4.52. The zero-order valence-electron chi connectivity index (χ0n) is 12.1. The van der Waals surface area contributed by atoms with Gasteiger partial charge in [-0.25, -0.2) is 0 Å². The van der Waals surface area contributed by atoms with Crippen LogP contribution in [0.3, 0.4) is 0 Å². The minimum Gasteiger partial charge on any atom is -0.311 e. The quantitative estimate of drug-likeness (QED) is 0.752. The summed E-state index contributed by atoms with van der Waals surface area (Å²) in [6.45, 7) is 8.58. The van der Waals surface area contributed by atoms with E-state index in [1.807, 2.05) is 0 Å². The lowest BCUT2D eigenvalue weighted by Crippen LogP contribution is -2.52. The summed E-state index contributed by atoms with van der Waals surface area (Å²) in [5.74, 6) is 2.82. The van der Waals surface area contributed by atoms with Crippen molar-refractivity contribution in [1.82, 2.24) is 5.32 Å². The predicted octanol–water partition coefficient (Wildman–Crippen LogP) is 4.37. The number of rotatable bonds is 2. The van der Waals surface area contributed by atoms with Gasteiger partial charge in [0.05, 0.1) is 0 Å². The van der Waals surface area contributed by atoms with Crippen LogP contribution in [0.5, 0.6) is 0 Å². The molecule has 1 saturated heterocycles. The first-order valence-electron chi connectivity index (χ1n) is 7.93. The van der Waals surface area contributed by atoms with E-state index in [9.17, 15) is 0 Å². The summed E-state index contributed by atoms with van der Waals surface area (Å²) >= 11 is 0. The third-order valence-electron chi connectivity index (χ3n) is 5.79. The van der Waals surface area contributed by atoms with Crippen LogP contribution in [0, 0.1) is 17.8 Å². The lowest BCUT2D eigenvalue weighted by atomic mass is 9.66. The van der Waals surface area contributed by atoms with Crippen molar-refractivity contribution in [3.05, 3.63) is 0 Å². The largest absolute Gasteiger partial charge is 0.311 e. The Bertz CT molecular complexity index is 228. The maximum Gasteiger partial charge on any atom is 0.0207 e. The second kappa shape index (κ2) is 5.73. The molecule has 0 aromatic carbocycles. The van der Waals surface area contributed by atoms with Crippen LogP contribution in [0.4, 0.5) is 0 Å². The Labute approximate surface area is 108 Å². The Morgan fingerprint density at radius 1 is 1.06 bits per heavy atom. The topological polar surface area (TPSA) is 12.0 Å². The van der Waals surface area contributed by atoms with Gasteiger partial charge in [-0.3, -0.25) is 0 Å². The SMILES string of the molecule is CCC1(C2CCC(C)C(C)C2)CCCCCN1. The normalized spacial score (nSPS) is 44.3. The molecule has 0 bridgehead atoms. The zero-order valence-corrected chi connectivity index (χ0v) is 12.1. The molecular formula is C16H31N. The van der Waals surface area contributed by atoms with Crippen LogP contribution in [-0.2, 0) is 0 Å². The molecule has 0 spiro atoms. The minimum absolute atomic E-state index is 0.491.